The fraction of sp³-hybridized carbons (Fsp3) is 0.200. The van der Waals surface area contributed by atoms with Gasteiger partial charge in [0, 0.05) is 6.42 Å². The van der Waals surface area contributed by atoms with E-state index in [0.717, 1.165) is 0 Å². The summed E-state index contributed by atoms with van der Waals surface area (Å²) in [7, 11) is 0. The molecule has 0 aliphatic carbocycles. The fourth-order valence-corrected chi connectivity index (χ4v) is 2.97. The van der Waals surface area contributed by atoms with E-state index >= 15 is 0 Å². The third kappa shape index (κ3) is 3.44. The van der Waals surface area contributed by atoms with Crippen molar-refractivity contribution >= 4 is 23.8 Å². The van der Waals surface area contributed by atoms with E-state index in [1.54, 1.807) is 67.6 Å². The van der Waals surface area contributed by atoms with Crippen molar-refractivity contribution in [2.24, 2.45) is 0 Å². The van der Waals surface area contributed by atoms with Crippen molar-refractivity contribution in [2.45, 2.75) is 18.9 Å². The second-order valence-electron chi connectivity index (χ2n) is 6.10. The van der Waals surface area contributed by atoms with Crippen LogP contribution in [-0.2, 0) is 24.7 Å². The molecule has 1 heterocycles. The van der Waals surface area contributed by atoms with Gasteiger partial charge in [0.1, 0.15) is 0 Å². The van der Waals surface area contributed by atoms with E-state index in [9.17, 15) is 19.2 Å². The summed E-state index contributed by atoms with van der Waals surface area (Å²) in [6, 6.07) is 16.7. The highest BCUT2D eigenvalue weighted by molar-refractivity contribution is 6.10. The highest BCUT2D eigenvalue weighted by Gasteiger charge is 2.54. The monoisotopic (exact) mass is 381 g/mol. The number of hydrazine groups is 1. The van der Waals surface area contributed by atoms with Crippen LogP contribution in [0, 0.1) is 0 Å². The van der Waals surface area contributed by atoms with Crippen molar-refractivity contribution in [1.29, 1.82) is 0 Å². The topological polar surface area (TPSA) is 105 Å². The van der Waals surface area contributed by atoms with Gasteiger partial charge < -0.3 is 10.1 Å². The summed E-state index contributed by atoms with van der Waals surface area (Å²) in [4.78, 5) is 49.1. The largest absolute Gasteiger partial charge is 0.456 e. The first kappa shape index (κ1) is 19.1. The molecule has 4 amide bonds. The number of imide groups is 1. The van der Waals surface area contributed by atoms with Crippen molar-refractivity contribution in [1.82, 2.24) is 15.8 Å². The predicted molar refractivity (Wildman–Crippen MR) is 98.4 cm³/mol. The van der Waals surface area contributed by atoms with Gasteiger partial charge in [-0.2, -0.15) is 5.01 Å². The Balaban J connectivity index is 1.91. The van der Waals surface area contributed by atoms with E-state index in [0.29, 0.717) is 16.1 Å². The number of nitrogens with zero attached hydrogens (tertiary/aromatic N) is 1. The molecule has 0 spiro atoms. The molecule has 1 fully saturated rings. The molecule has 1 saturated heterocycles. The lowest BCUT2D eigenvalue weighted by Crippen LogP contribution is -2.50. The van der Waals surface area contributed by atoms with Gasteiger partial charge in [-0.25, -0.2) is 4.79 Å². The van der Waals surface area contributed by atoms with Gasteiger partial charge in [-0.1, -0.05) is 67.6 Å². The molecule has 8 heteroatoms. The third-order valence-electron chi connectivity index (χ3n) is 4.32. The second-order valence-corrected chi connectivity index (χ2v) is 6.10. The lowest BCUT2D eigenvalue weighted by molar-refractivity contribution is -0.150. The number of benzene rings is 2. The molecule has 2 N–H and O–H groups in total. The summed E-state index contributed by atoms with van der Waals surface area (Å²) in [5, 5.41) is 3.31. The Hall–Kier alpha value is -3.68. The quantitative estimate of drug-likeness (QED) is 0.582. The van der Waals surface area contributed by atoms with Gasteiger partial charge in [-0.05, 0) is 11.1 Å². The molecule has 1 aliphatic rings. The highest BCUT2D eigenvalue weighted by atomic mass is 16.5. The van der Waals surface area contributed by atoms with Crippen molar-refractivity contribution in [2.75, 3.05) is 6.61 Å². The first-order chi connectivity index (χ1) is 13.5. The van der Waals surface area contributed by atoms with E-state index < -0.39 is 36.0 Å². The Morgan fingerprint density at radius 2 is 1.54 bits per heavy atom. The Labute approximate surface area is 161 Å². The zero-order chi connectivity index (χ0) is 20.1. The maximum absolute atomic E-state index is 13.3. The van der Waals surface area contributed by atoms with E-state index in [2.05, 4.69) is 10.7 Å². The number of ether oxygens (including phenoxy) is 1. The number of hydrogen-bond donors (Lipinski definition) is 2. The first-order valence-corrected chi connectivity index (χ1v) is 8.72. The third-order valence-corrected chi connectivity index (χ3v) is 4.32. The van der Waals surface area contributed by atoms with E-state index in [-0.39, 0.29) is 6.42 Å². The van der Waals surface area contributed by atoms with Crippen molar-refractivity contribution in [3.8, 4) is 0 Å². The Kier molecular flexibility index (Phi) is 5.39. The molecule has 144 valence electrons. The van der Waals surface area contributed by atoms with E-state index in [1.165, 1.54) is 0 Å². The number of carbonyl (C=O) groups excluding carboxylic acids is 4. The average Bonchev–Trinajstić information content (AvgIpc) is 2.99. The normalized spacial score (nSPS) is 15.1. The second kappa shape index (κ2) is 7.91. The number of hydrogen-bond acceptors (Lipinski definition) is 5. The maximum atomic E-state index is 13.3. The molecular weight excluding hydrogens is 362 g/mol. The van der Waals surface area contributed by atoms with Gasteiger partial charge in [0.2, 0.25) is 0 Å². The van der Waals surface area contributed by atoms with Crippen LogP contribution in [0.3, 0.4) is 0 Å². The zero-order valence-corrected chi connectivity index (χ0v) is 15.2. The summed E-state index contributed by atoms with van der Waals surface area (Å²) in [6.07, 6.45) is 0.113. The Bertz CT molecular complexity index is 859. The van der Waals surface area contributed by atoms with Gasteiger partial charge in [-0.15, -0.1) is 0 Å². The van der Waals surface area contributed by atoms with Gasteiger partial charge in [0.25, 0.3) is 11.8 Å². The molecule has 0 saturated carbocycles. The molecule has 0 aromatic heterocycles. The summed E-state index contributed by atoms with van der Waals surface area (Å²) in [5.41, 5.74) is 1.83. The van der Waals surface area contributed by atoms with Crippen LogP contribution >= 0.6 is 0 Å². The molecule has 0 atom stereocenters. The Morgan fingerprint density at radius 1 is 1.00 bits per heavy atom. The van der Waals surface area contributed by atoms with Crippen LogP contribution in [0.25, 0.3) is 0 Å². The zero-order valence-electron chi connectivity index (χ0n) is 15.2. The number of urea groups is 1. The minimum Gasteiger partial charge on any atom is -0.456 e. The minimum atomic E-state index is -1.48. The van der Waals surface area contributed by atoms with Crippen molar-refractivity contribution in [3.05, 3.63) is 71.8 Å². The van der Waals surface area contributed by atoms with Gasteiger partial charge in [-0.3, -0.25) is 19.8 Å². The summed E-state index contributed by atoms with van der Waals surface area (Å²) in [6.45, 7) is 0.999. The SMILES string of the molecule is CCC(=O)OCC(=O)NN1C(=O)NC(c2ccccc2)(c2ccccc2)C1=O. The average molecular weight is 381 g/mol. The molecule has 28 heavy (non-hydrogen) atoms. The van der Waals surface area contributed by atoms with Crippen LogP contribution in [0.2, 0.25) is 0 Å². The van der Waals surface area contributed by atoms with Crippen LogP contribution in [0.5, 0.6) is 0 Å². The van der Waals surface area contributed by atoms with Crippen LogP contribution in [0.4, 0.5) is 4.79 Å². The maximum Gasteiger partial charge on any atom is 0.344 e. The van der Waals surface area contributed by atoms with Crippen molar-refractivity contribution < 1.29 is 23.9 Å². The van der Waals surface area contributed by atoms with Gasteiger partial charge >= 0.3 is 12.0 Å². The van der Waals surface area contributed by atoms with E-state index in [4.69, 9.17) is 4.74 Å². The summed E-state index contributed by atoms with van der Waals surface area (Å²) in [5.74, 6) is -2.01. The lowest BCUT2D eigenvalue weighted by atomic mass is 9.83. The van der Waals surface area contributed by atoms with Crippen LogP contribution < -0.4 is 10.7 Å². The fourth-order valence-electron chi connectivity index (χ4n) is 2.97. The molecule has 0 unspecified atom stereocenters. The molecule has 0 radical (unpaired) electrons. The molecule has 1 aliphatic heterocycles. The van der Waals surface area contributed by atoms with Gasteiger partial charge in [0.15, 0.2) is 12.1 Å². The van der Waals surface area contributed by atoms with Gasteiger partial charge in [0.05, 0.1) is 0 Å². The summed E-state index contributed by atoms with van der Waals surface area (Å²) >= 11 is 0. The number of amides is 4. The molecular formula is C20H19N3O5. The summed E-state index contributed by atoms with van der Waals surface area (Å²) < 4.78 is 4.73. The molecule has 2 aromatic carbocycles. The minimum absolute atomic E-state index is 0.113. The smallest absolute Gasteiger partial charge is 0.344 e. The number of rotatable bonds is 6. The predicted octanol–water partition coefficient (Wildman–Crippen LogP) is 1.47. The molecule has 2 aromatic rings. The highest BCUT2D eigenvalue weighted by Crippen LogP contribution is 2.35. The molecule has 8 nitrogen and oxygen atoms in total. The Morgan fingerprint density at radius 3 is 2.04 bits per heavy atom. The van der Waals surface area contributed by atoms with Crippen molar-refractivity contribution in [3.63, 3.8) is 0 Å². The number of esters is 1. The van der Waals surface area contributed by atoms with Crippen LogP contribution in [-0.4, -0.2) is 35.4 Å². The molecule has 0 bridgehead atoms. The first-order valence-electron chi connectivity index (χ1n) is 8.72. The number of nitrogens with one attached hydrogen (secondary N) is 2. The van der Waals surface area contributed by atoms with Crippen LogP contribution in [0.15, 0.2) is 60.7 Å². The molecule has 3 rings (SSSR count). The number of carbonyl (C=O) groups is 4. The lowest BCUT2D eigenvalue weighted by Gasteiger charge is -2.27. The van der Waals surface area contributed by atoms with E-state index in [1.807, 2.05) is 0 Å². The van der Waals surface area contributed by atoms with Crippen LogP contribution in [0.1, 0.15) is 24.5 Å². The standard InChI is InChI=1S/C20H19N3O5/c1-2-17(25)28-13-16(24)22-23-18(26)20(21-19(23)27,14-9-5-3-6-10-14)15-11-7-4-8-12-15/h3-12H,2,13H2,1H3,(H,21,27)(H,22,24).